The monoisotopic (exact) mass is 435 g/mol. The summed E-state index contributed by atoms with van der Waals surface area (Å²) in [7, 11) is 0. The number of Topliss-reactive ketones (excluding diaryl/α,β-unsaturated/α-hetero) is 1. The first-order valence-electron chi connectivity index (χ1n) is 9.37. The Morgan fingerprint density at radius 2 is 1.70 bits per heavy atom. The molecule has 0 unspecified atom stereocenters. The number of hydrogen-bond donors (Lipinski definition) is 2. The molecule has 30 heavy (non-hydrogen) atoms. The largest absolute Gasteiger partial charge is 0.383 e. The van der Waals surface area contributed by atoms with Crippen molar-refractivity contribution in [2.45, 2.75) is 0 Å². The van der Waals surface area contributed by atoms with Crippen LogP contribution in [0, 0.1) is 0 Å². The highest BCUT2D eigenvalue weighted by Gasteiger charge is 2.42. The van der Waals surface area contributed by atoms with E-state index in [9.17, 15) is 9.59 Å². The zero-order valence-electron chi connectivity index (χ0n) is 15.9. The maximum Gasteiger partial charge on any atom is 0.304 e. The zero-order chi connectivity index (χ0) is 21.3. The number of benzene rings is 3. The van der Waals surface area contributed by atoms with Gasteiger partial charge in [-0.2, -0.15) is 0 Å². The minimum absolute atomic E-state index is 0.153. The maximum atomic E-state index is 13.0. The van der Waals surface area contributed by atoms with Crippen molar-refractivity contribution in [3.8, 4) is 0 Å². The Morgan fingerprint density at radius 3 is 2.40 bits per heavy atom. The SMILES string of the molecule is NCCN/C(=C1/C(=O)C(=O)N(c2ccc(Cl)cc2)C1=S)c1ccc2ccccc2c1. The van der Waals surface area contributed by atoms with E-state index in [-0.39, 0.29) is 10.6 Å². The molecule has 0 saturated carbocycles. The predicted molar refractivity (Wildman–Crippen MR) is 124 cm³/mol. The number of rotatable bonds is 5. The van der Waals surface area contributed by atoms with Gasteiger partial charge in [-0.1, -0.05) is 60.2 Å². The van der Waals surface area contributed by atoms with Crippen molar-refractivity contribution in [2.75, 3.05) is 18.0 Å². The number of ketones is 1. The molecule has 0 spiro atoms. The molecule has 1 aliphatic rings. The Labute approximate surface area is 184 Å². The van der Waals surface area contributed by atoms with E-state index in [4.69, 9.17) is 29.6 Å². The van der Waals surface area contributed by atoms with Gasteiger partial charge in [0.2, 0.25) is 0 Å². The smallest absolute Gasteiger partial charge is 0.304 e. The van der Waals surface area contributed by atoms with Crippen LogP contribution in [-0.4, -0.2) is 29.8 Å². The van der Waals surface area contributed by atoms with Crippen LogP contribution in [-0.2, 0) is 9.59 Å². The third-order valence-electron chi connectivity index (χ3n) is 4.86. The molecule has 1 aliphatic heterocycles. The van der Waals surface area contributed by atoms with Crippen LogP contribution in [0.5, 0.6) is 0 Å². The fraction of sp³-hybridized carbons (Fsp3) is 0.0870. The second-order valence-corrected chi connectivity index (χ2v) is 7.60. The average molecular weight is 436 g/mol. The van der Waals surface area contributed by atoms with Gasteiger partial charge in [0.15, 0.2) is 0 Å². The molecule has 0 bridgehead atoms. The first-order chi connectivity index (χ1) is 14.5. The lowest BCUT2D eigenvalue weighted by Gasteiger charge is -2.17. The van der Waals surface area contributed by atoms with E-state index in [1.807, 2.05) is 42.5 Å². The van der Waals surface area contributed by atoms with Gasteiger partial charge in [0.05, 0.1) is 17.0 Å². The molecule has 7 heteroatoms. The van der Waals surface area contributed by atoms with Crippen LogP contribution in [0.15, 0.2) is 72.3 Å². The zero-order valence-corrected chi connectivity index (χ0v) is 17.5. The Balaban J connectivity index is 1.85. The summed E-state index contributed by atoms with van der Waals surface area (Å²) in [6, 6.07) is 20.4. The van der Waals surface area contributed by atoms with Gasteiger partial charge in [0.25, 0.3) is 5.78 Å². The minimum atomic E-state index is -0.690. The summed E-state index contributed by atoms with van der Waals surface area (Å²) in [4.78, 5) is 27.2. The summed E-state index contributed by atoms with van der Waals surface area (Å²) in [5.41, 5.74) is 7.62. The molecule has 1 saturated heterocycles. The van der Waals surface area contributed by atoms with Crippen molar-refractivity contribution in [3.63, 3.8) is 0 Å². The van der Waals surface area contributed by atoms with Gasteiger partial charge >= 0.3 is 5.91 Å². The van der Waals surface area contributed by atoms with Crippen molar-refractivity contribution in [2.24, 2.45) is 5.73 Å². The van der Waals surface area contributed by atoms with Crippen molar-refractivity contribution in [1.29, 1.82) is 0 Å². The normalized spacial score (nSPS) is 15.8. The van der Waals surface area contributed by atoms with Gasteiger partial charge in [-0.05, 0) is 46.7 Å². The molecular formula is C23H18ClN3O2S. The van der Waals surface area contributed by atoms with Gasteiger partial charge in [-0.3, -0.25) is 14.5 Å². The van der Waals surface area contributed by atoms with Crippen LogP contribution < -0.4 is 16.0 Å². The van der Waals surface area contributed by atoms with Crippen molar-refractivity contribution in [1.82, 2.24) is 5.32 Å². The molecule has 5 nitrogen and oxygen atoms in total. The summed E-state index contributed by atoms with van der Waals surface area (Å²) in [5, 5.41) is 5.82. The van der Waals surface area contributed by atoms with E-state index in [2.05, 4.69) is 5.32 Å². The highest BCUT2D eigenvalue weighted by Crippen LogP contribution is 2.31. The molecule has 3 N–H and O–H groups in total. The van der Waals surface area contributed by atoms with E-state index < -0.39 is 11.7 Å². The molecule has 150 valence electrons. The van der Waals surface area contributed by atoms with E-state index in [0.29, 0.717) is 29.5 Å². The van der Waals surface area contributed by atoms with Crippen LogP contribution in [0.3, 0.4) is 0 Å². The number of hydrogen-bond acceptors (Lipinski definition) is 5. The molecular weight excluding hydrogens is 418 g/mol. The Bertz CT molecular complexity index is 1200. The lowest BCUT2D eigenvalue weighted by molar-refractivity contribution is -0.132. The number of nitrogens with one attached hydrogen (secondary N) is 1. The van der Waals surface area contributed by atoms with E-state index >= 15 is 0 Å². The molecule has 0 aliphatic carbocycles. The third-order valence-corrected chi connectivity index (χ3v) is 5.50. The van der Waals surface area contributed by atoms with Crippen LogP contribution in [0.2, 0.25) is 5.02 Å². The summed E-state index contributed by atoms with van der Waals surface area (Å²) in [5.74, 6) is -1.34. The Hall–Kier alpha value is -3.06. The van der Waals surface area contributed by atoms with Gasteiger partial charge < -0.3 is 11.1 Å². The second-order valence-electron chi connectivity index (χ2n) is 6.78. The molecule has 1 amide bonds. The Kier molecular flexibility index (Phi) is 5.63. The molecule has 0 atom stereocenters. The van der Waals surface area contributed by atoms with Gasteiger partial charge in [-0.15, -0.1) is 0 Å². The van der Waals surface area contributed by atoms with E-state index in [0.717, 1.165) is 16.3 Å². The van der Waals surface area contributed by atoms with Gasteiger partial charge in [-0.25, -0.2) is 0 Å². The van der Waals surface area contributed by atoms with Crippen LogP contribution >= 0.6 is 23.8 Å². The van der Waals surface area contributed by atoms with Crippen molar-refractivity contribution >= 4 is 62.7 Å². The second kappa shape index (κ2) is 8.36. The quantitative estimate of drug-likeness (QED) is 0.363. The molecule has 1 heterocycles. The van der Waals surface area contributed by atoms with E-state index in [1.165, 1.54) is 4.90 Å². The Morgan fingerprint density at radius 1 is 1.00 bits per heavy atom. The minimum Gasteiger partial charge on any atom is -0.383 e. The first-order valence-corrected chi connectivity index (χ1v) is 10.2. The van der Waals surface area contributed by atoms with Gasteiger partial charge in [0.1, 0.15) is 4.99 Å². The lowest BCUT2D eigenvalue weighted by Crippen LogP contribution is -2.29. The topological polar surface area (TPSA) is 75.4 Å². The number of amides is 1. The molecule has 4 rings (SSSR count). The first kappa shape index (κ1) is 20.2. The molecule has 3 aromatic carbocycles. The number of fused-ring (bicyclic) bond motifs is 1. The summed E-state index contributed by atoms with van der Waals surface area (Å²) in [6.45, 7) is 0.789. The summed E-state index contributed by atoms with van der Waals surface area (Å²) in [6.07, 6.45) is 0. The molecule has 3 aromatic rings. The standard InChI is InChI=1S/C23H18ClN3O2S/c24-17-7-9-18(10-8-17)27-22(29)21(28)19(23(27)30)20(26-12-11-25)16-6-5-14-3-1-2-4-15(14)13-16/h1-10,13,26H,11-12,25H2/b20-19-. The van der Waals surface area contributed by atoms with E-state index in [1.54, 1.807) is 24.3 Å². The fourth-order valence-corrected chi connectivity index (χ4v) is 3.94. The lowest BCUT2D eigenvalue weighted by atomic mass is 10.0. The van der Waals surface area contributed by atoms with Gasteiger partial charge in [0, 0.05) is 18.1 Å². The molecule has 1 fully saturated rings. The number of halogens is 1. The van der Waals surface area contributed by atoms with Crippen LogP contribution in [0.25, 0.3) is 16.5 Å². The maximum absolute atomic E-state index is 13.0. The fourth-order valence-electron chi connectivity index (χ4n) is 3.43. The number of thiocarbonyl (C=S) groups is 1. The summed E-state index contributed by atoms with van der Waals surface area (Å²) >= 11 is 11.5. The number of carbonyl (C=O) groups excluding carboxylic acids is 2. The summed E-state index contributed by atoms with van der Waals surface area (Å²) < 4.78 is 0. The highest BCUT2D eigenvalue weighted by molar-refractivity contribution is 7.81. The van der Waals surface area contributed by atoms with Crippen LogP contribution in [0.4, 0.5) is 5.69 Å². The predicted octanol–water partition coefficient (Wildman–Crippen LogP) is 3.70. The van der Waals surface area contributed by atoms with Crippen molar-refractivity contribution < 1.29 is 9.59 Å². The average Bonchev–Trinajstić information content (AvgIpc) is 2.98. The number of nitrogens with two attached hydrogens (primary N) is 1. The number of nitrogens with zero attached hydrogens (tertiary/aromatic N) is 1. The number of anilines is 1. The van der Waals surface area contributed by atoms with Crippen molar-refractivity contribution in [3.05, 3.63) is 82.9 Å². The highest BCUT2D eigenvalue weighted by atomic mass is 35.5. The van der Waals surface area contributed by atoms with Crippen LogP contribution in [0.1, 0.15) is 5.56 Å². The number of carbonyl (C=O) groups is 2. The molecule has 0 radical (unpaired) electrons. The molecule has 0 aromatic heterocycles. The third kappa shape index (κ3) is 3.61.